The minimum atomic E-state index is 0.139. The van der Waals surface area contributed by atoms with Gasteiger partial charge in [-0.3, -0.25) is 0 Å². The normalized spacial score (nSPS) is 19.7. The van der Waals surface area contributed by atoms with E-state index in [2.05, 4.69) is 19.2 Å². The van der Waals surface area contributed by atoms with Crippen molar-refractivity contribution in [1.29, 1.82) is 0 Å². The van der Waals surface area contributed by atoms with Crippen LogP contribution in [0, 0.1) is 0 Å². The lowest BCUT2D eigenvalue weighted by Gasteiger charge is -2.37. The highest BCUT2D eigenvalue weighted by Gasteiger charge is 2.40. The van der Waals surface area contributed by atoms with Crippen LogP contribution >= 0.6 is 0 Å². The highest BCUT2D eigenvalue weighted by Crippen LogP contribution is 2.37. The molecule has 0 bridgehead atoms. The minimum Gasteiger partial charge on any atom is -0.377 e. The van der Waals surface area contributed by atoms with Gasteiger partial charge in [-0.2, -0.15) is 0 Å². The molecule has 2 heteroatoms. The van der Waals surface area contributed by atoms with Crippen molar-refractivity contribution in [2.24, 2.45) is 0 Å². The first-order valence-corrected chi connectivity index (χ1v) is 8.57. The Morgan fingerprint density at radius 2 is 1.68 bits per heavy atom. The predicted octanol–water partition coefficient (Wildman–Crippen LogP) is 4.67. The Morgan fingerprint density at radius 3 is 2.26 bits per heavy atom. The van der Waals surface area contributed by atoms with Gasteiger partial charge in [-0.25, -0.2) is 0 Å². The summed E-state index contributed by atoms with van der Waals surface area (Å²) in [4.78, 5) is 0. The zero-order chi connectivity index (χ0) is 14.0. The van der Waals surface area contributed by atoms with Gasteiger partial charge < -0.3 is 10.1 Å². The second-order valence-electron chi connectivity index (χ2n) is 6.19. The van der Waals surface area contributed by atoms with Crippen molar-refractivity contribution in [3.63, 3.8) is 0 Å². The zero-order valence-electron chi connectivity index (χ0n) is 13.5. The van der Waals surface area contributed by atoms with E-state index in [-0.39, 0.29) is 5.60 Å². The number of methoxy groups -OCH3 is 1. The molecule has 1 atom stereocenters. The minimum absolute atomic E-state index is 0.139. The van der Waals surface area contributed by atoms with Crippen molar-refractivity contribution in [3.8, 4) is 0 Å². The molecule has 0 aliphatic heterocycles. The van der Waals surface area contributed by atoms with Crippen molar-refractivity contribution in [2.45, 2.75) is 96.1 Å². The second-order valence-corrected chi connectivity index (χ2v) is 6.19. The lowest BCUT2D eigenvalue weighted by Crippen LogP contribution is -2.50. The first-order valence-electron chi connectivity index (χ1n) is 8.57. The summed E-state index contributed by atoms with van der Waals surface area (Å²) in [6.07, 6.45) is 14.6. The van der Waals surface area contributed by atoms with E-state index in [1.54, 1.807) is 0 Å². The van der Waals surface area contributed by atoms with Gasteiger partial charge in [0.2, 0.25) is 0 Å². The van der Waals surface area contributed by atoms with Crippen molar-refractivity contribution in [1.82, 2.24) is 5.32 Å². The number of rotatable bonds is 11. The maximum absolute atomic E-state index is 5.97. The van der Waals surface area contributed by atoms with E-state index >= 15 is 0 Å². The van der Waals surface area contributed by atoms with Gasteiger partial charge >= 0.3 is 0 Å². The largest absolute Gasteiger partial charge is 0.377 e. The third-order valence-corrected chi connectivity index (χ3v) is 4.73. The third-order valence-electron chi connectivity index (χ3n) is 4.73. The SMILES string of the molecule is CCCCCCCC(NCCC)C1(OC)CCCC1. The summed E-state index contributed by atoms with van der Waals surface area (Å²) >= 11 is 0. The molecule has 1 unspecified atom stereocenters. The molecule has 0 amide bonds. The highest BCUT2D eigenvalue weighted by molar-refractivity contribution is 4.96. The molecule has 1 aliphatic rings. The van der Waals surface area contributed by atoms with Gasteiger partial charge in [-0.15, -0.1) is 0 Å². The summed E-state index contributed by atoms with van der Waals surface area (Å²) in [6, 6.07) is 0.571. The van der Waals surface area contributed by atoms with Crippen LogP contribution in [0.4, 0.5) is 0 Å². The van der Waals surface area contributed by atoms with E-state index in [9.17, 15) is 0 Å². The molecular weight excluding hydrogens is 234 g/mol. The Bertz CT molecular complexity index is 211. The van der Waals surface area contributed by atoms with Crippen molar-refractivity contribution >= 4 is 0 Å². The van der Waals surface area contributed by atoms with E-state index in [0.29, 0.717) is 6.04 Å². The van der Waals surface area contributed by atoms with Gasteiger partial charge in [-0.1, -0.05) is 58.8 Å². The monoisotopic (exact) mass is 269 g/mol. The number of hydrogen-bond acceptors (Lipinski definition) is 2. The fourth-order valence-electron chi connectivity index (χ4n) is 3.49. The van der Waals surface area contributed by atoms with E-state index in [4.69, 9.17) is 4.74 Å². The summed E-state index contributed by atoms with van der Waals surface area (Å²) in [6.45, 7) is 5.66. The summed E-state index contributed by atoms with van der Waals surface area (Å²) in [5, 5.41) is 3.77. The van der Waals surface area contributed by atoms with E-state index in [1.165, 1.54) is 70.6 Å². The van der Waals surface area contributed by atoms with E-state index < -0.39 is 0 Å². The van der Waals surface area contributed by atoms with Crippen molar-refractivity contribution < 1.29 is 4.74 Å². The standard InChI is InChI=1S/C17H35NO/c1-4-6-7-8-9-12-16(18-15-5-2)17(19-3)13-10-11-14-17/h16,18H,4-15H2,1-3H3. The summed E-state index contributed by atoms with van der Waals surface area (Å²) in [5.74, 6) is 0. The molecule has 0 aromatic rings. The Labute approximate surface area is 120 Å². The Morgan fingerprint density at radius 1 is 1.00 bits per heavy atom. The highest BCUT2D eigenvalue weighted by atomic mass is 16.5. The van der Waals surface area contributed by atoms with Crippen LogP contribution < -0.4 is 5.32 Å². The van der Waals surface area contributed by atoms with Gasteiger partial charge in [0.1, 0.15) is 0 Å². The van der Waals surface area contributed by atoms with Crippen molar-refractivity contribution in [2.75, 3.05) is 13.7 Å². The molecular formula is C17H35NO. The van der Waals surface area contributed by atoms with Crippen LogP contribution in [0.2, 0.25) is 0 Å². The zero-order valence-corrected chi connectivity index (χ0v) is 13.5. The lowest BCUT2D eigenvalue weighted by molar-refractivity contribution is -0.0383. The molecule has 1 N–H and O–H groups in total. The molecule has 0 saturated heterocycles. The maximum atomic E-state index is 5.97. The molecule has 1 aliphatic carbocycles. The van der Waals surface area contributed by atoms with Gasteiger partial charge in [-0.05, 0) is 32.2 Å². The third kappa shape index (κ3) is 5.43. The van der Waals surface area contributed by atoms with Crippen LogP contribution in [0.15, 0.2) is 0 Å². The quantitative estimate of drug-likeness (QED) is 0.550. The van der Waals surface area contributed by atoms with Gasteiger partial charge in [0, 0.05) is 13.2 Å². The first-order chi connectivity index (χ1) is 9.29. The van der Waals surface area contributed by atoms with Gasteiger partial charge in [0.25, 0.3) is 0 Å². The Kier molecular flexibility index (Phi) is 8.72. The average Bonchev–Trinajstić information content (AvgIpc) is 2.92. The Balaban J connectivity index is 2.41. The molecule has 2 nitrogen and oxygen atoms in total. The first kappa shape index (κ1) is 17.0. The summed E-state index contributed by atoms with van der Waals surface area (Å²) in [7, 11) is 1.92. The van der Waals surface area contributed by atoms with Crippen LogP contribution in [0.3, 0.4) is 0 Å². The predicted molar refractivity (Wildman–Crippen MR) is 83.7 cm³/mol. The van der Waals surface area contributed by atoms with Crippen LogP contribution in [0.5, 0.6) is 0 Å². The number of hydrogen-bond donors (Lipinski definition) is 1. The molecule has 0 radical (unpaired) electrons. The average molecular weight is 269 g/mol. The lowest BCUT2D eigenvalue weighted by atomic mass is 9.87. The molecule has 0 heterocycles. The second kappa shape index (κ2) is 9.77. The summed E-state index contributed by atoms with van der Waals surface area (Å²) < 4.78 is 5.97. The number of ether oxygens (including phenoxy) is 1. The van der Waals surface area contributed by atoms with E-state index in [0.717, 1.165) is 6.54 Å². The molecule has 0 aromatic carbocycles. The van der Waals surface area contributed by atoms with Crippen LogP contribution in [0.25, 0.3) is 0 Å². The molecule has 0 aromatic heterocycles. The fourth-order valence-corrected chi connectivity index (χ4v) is 3.49. The van der Waals surface area contributed by atoms with Crippen LogP contribution in [-0.2, 0) is 4.74 Å². The number of unbranched alkanes of at least 4 members (excludes halogenated alkanes) is 4. The molecule has 114 valence electrons. The van der Waals surface area contributed by atoms with Gasteiger partial charge in [0.05, 0.1) is 5.60 Å². The van der Waals surface area contributed by atoms with Crippen LogP contribution in [-0.4, -0.2) is 25.3 Å². The molecule has 1 fully saturated rings. The van der Waals surface area contributed by atoms with E-state index in [1.807, 2.05) is 7.11 Å². The molecule has 19 heavy (non-hydrogen) atoms. The van der Waals surface area contributed by atoms with Gasteiger partial charge in [0.15, 0.2) is 0 Å². The maximum Gasteiger partial charge on any atom is 0.0830 e. The smallest absolute Gasteiger partial charge is 0.0830 e. The van der Waals surface area contributed by atoms with Crippen LogP contribution in [0.1, 0.15) is 84.5 Å². The Hall–Kier alpha value is -0.0800. The summed E-state index contributed by atoms with van der Waals surface area (Å²) in [5.41, 5.74) is 0.139. The fraction of sp³-hybridized carbons (Fsp3) is 1.00. The molecule has 1 saturated carbocycles. The molecule has 0 spiro atoms. The number of nitrogens with one attached hydrogen (secondary N) is 1. The topological polar surface area (TPSA) is 21.3 Å². The van der Waals surface area contributed by atoms with Crippen molar-refractivity contribution in [3.05, 3.63) is 0 Å². The molecule has 1 rings (SSSR count).